The summed E-state index contributed by atoms with van der Waals surface area (Å²) in [6.07, 6.45) is 2.16. The van der Waals surface area contributed by atoms with Crippen LogP contribution in [0.5, 0.6) is 0 Å². The van der Waals surface area contributed by atoms with Gasteiger partial charge < -0.3 is 24.9 Å². The molecule has 0 saturated carbocycles. The van der Waals surface area contributed by atoms with Gasteiger partial charge in [-0.15, -0.1) is 0 Å². The Morgan fingerprint density at radius 2 is 1.97 bits per heavy atom. The van der Waals surface area contributed by atoms with Crippen LogP contribution in [0.1, 0.15) is 22.3 Å². The molecular formula is C24H26N6O2S. The third-order valence-electron chi connectivity index (χ3n) is 5.29. The van der Waals surface area contributed by atoms with Gasteiger partial charge in [0.05, 0.1) is 17.4 Å². The molecule has 0 fully saturated rings. The van der Waals surface area contributed by atoms with Crippen molar-refractivity contribution in [1.29, 1.82) is 0 Å². The summed E-state index contributed by atoms with van der Waals surface area (Å²) in [5.41, 5.74) is 4.67. The number of aromatic nitrogens is 2. The molecule has 0 spiro atoms. The third-order valence-corrected chi connectivity index (χ3v) is 6.17. The molecule has 0 saturated heterocycles. The van der Waals surface area contributed by atoms with Gasteiger partial charge in [0.15, 0.2) is 5.82 Å². The van der Waals surface area contributed by atoms with Crippen LogP contribution in [0.4, 0.5) is 28.8 Å². The Bertz CT molecular complexity index is 1220. The maximum atomic E-state index is 13.1. The van der Waals surface area contributed by atoms with E-state index in [1.54, 1.807) is 18.1 Å². The summed E-state index contributed by atoms with van der Waals surface area (Å²) in [6.45, 7) is 5.91. The second-order valence-corrected chi connectivity index (χ2v) is 8.66. The van der Waals surface area contributed by atoms with E-state index in [0.29, 0.717) is 29.4 Å². The van der Waals surface area contributed by atoms with E-state index in [9.17, 15) is 4.79 Å². The lowest BCUT2D eigenvalue weighted by Crippen LogP contribution is -2.25. The van der Waals surface area contributed by atoms with Crippen LogP contribution in [0.15, 0.2) is 65.8 Å². The standard InChI is InChI=1S/C24H26N6O2S/c1-15-8-9-20-19(12-15)23(32)30(4)21-14-25-24(27-22(21)29(20)3)26-17-6-5-7-18(13-17)33-28-16(2)10-11-31/h5-9,12-14,28,31H,2,10-11H2,1,3-4H3,(H,25,26,27). The molecule has 33 heavy (non-hydrogen) atoms. The Morgan fingerprint density at radius 3 is 2.76 bits per heavy atom. The van der Waals surface area contributed by atoms with Gasteiger partial charge in [0.25, 0.3) is 5.91 Å². The van der Waals surface area contributed by atoms with E-state index in [4.69, 9.17) is 10.1 Å². The Hall–Kier alpha value is -3.56. The number of nitrogens with zero attached hydrogens (tertiary/aromatic N) is 4. The molecule has 0 bridgehead atoms. The second-order valence-electron chi connectivity index (χ2n) is 7.78. The van der Waals surface area contributed by atoms with Gasteiger partial charge >= 0.3 is 0 Å². The van der Waals surface area contributed by atoms with Crippen LogP contribution in [0.2, 0.25) is 0 Å². The summed E-state index contributed by atoms with van der Waals surface area (Å²) < 4.78 is 3.13. The fourth-order valence-electron chi connectivity index (χ4n) is 3.51. The number of hydrogen-bond donors (Lipinski definition) is 3. The zero-order chi connectivity index (χ0) is 23.5. The monoisotopic (exact) mass is 462 g/mol. The summed E-state index contributed by atoms with van der Waals surface area (Å²) in [5.74, 6) is 0.971. The summed E-state index contributed by atoms with van der Waals surface area (Å²) >= 11 is 1.42. The van der Waals surface area contributed by atoms with Crippen molar-refractivity contribution in [2.24, 2.45) is 0 Å². The van der Waals surface area contributed by atoms with Crippen molar-refractivity contribution in [2.75, 3.05) is 35.8 Å². The van der Waals surface area contributed by atoms with E-state index in [0.717, 1.165) is 27.5 Å². The fourth-order valence-corrected chi connectivity index (χ4v) is 4.21. The summed E-state index contributed by atoms with van der Waals surface area (Å²) in [6, 6.07) is 13.6. The Labute approximate surface area is 197 Å². The molecule has 170 valence electrons. The van der Waals surface area contributed by atoms with Crippen LogP contribution in [0, 0.1) is 6.92 Å². The highest BCUT2D eigenvalue weighted by atomic mass is 32.2. The molecule has 0 atom stereocenters. The number of nitrogens with one attached hydrogen (secondary N) is 2. The average Bonchev–Trinajstić information content (AvgIpc) is 2.88. The smallest absolute Gasteiger partial charge is 0.260 e. The highest BCUT2D eigenvalue weighted by Gasteiger charge is 2.29. The lowest BCUT2D eigenvalue weighted by molar-refractivity contribution is 0.0994. The molecule has 2 aromatic carbocycles. The third kappa shape index (κ3) is 4.79. The fraction of sp³-hybridized carbons (Fsp3) is 0.208. The Balaban J connectivity index is 1.60. The number of anilines is 5. The second kappa shape index (κ2) is 9.51. The molecule has 1 aromatic heterocycles. The number of carbonyl (C=O) groups excluding carboxylic acids is 1. The molecule has 1 aliphatic heterocycles. The number of carbonyl (C=O) groups is 1. The van der Waals surface area contributed by atoms with Gasteiger partial charge in [0.2, 0.25) is 5.95 Å². The maximum Gasteiger partial charge on any atom is 0.260 e. The van der Waals surface area contributed by atoms with E-state index in [-0.39, 0.29) is 12.5 Å². The molecule has 2 heterocycles. The number of aliphatic hydroxyl groups is 1. The van der Waals surface area contributed by atoms with Crippen LogP contribution < -0.4 is 19.8 Å². The Morgan fingerprint density at radius 1 is 1.15 bits per heavy atom. The van der Waals surface area contributed by atoms with Crippen LogP contribution >= 0.6 is 11.9 Å². The van der Waals surface area contributed by atoms with Crippen molar-refractivity contribution >= 4 is 46.7 Å². The number of amides is 1. The molecule has 3 N–H and O–H groups in total. The summed E-state index contributed by atoms with van der Waals surface area (Å²) in [5, 5.41) is 12.3. The van der Waals surface area contributed by atoms with Crippen molar-refractivity contribution in [3.8, 4) is 0 Å². The lowest BCUT2D eigenvalue weighted by Gasteiger charge is -2.21. The van der Waals surface area contributed by atoms with Crippen molar-refractivity contribution in [3.05, 3.63) is 72.1 Å². The van der Waals surface area contributed by atoms with Gasteiger partial charge in [-0.3, -0.25) is 4.79 Å². The molecule has 3 aromatic rings. The molecular weight excluding hydrogens is 436 g/mol. The van der Waals surface area contributed by atoms with Crippen molar-refractivity contribution in [3.63, 3.8) is 0 Å². The SMILES string of the molecule is C=C(CCO)NSc1cccc(Nc2ncc3c(n2)N(C)c2ccc(C)cc2C(=O)N3C)c1. The minimum absolute atomic E-state index is 0.0585. The van der Waals surface area contributed by atoms with E-state index in [1.165, 1.54) is 11.9 Å². The van der Waals surface area contributed by atoms with E-state index in [1.807, 2.05) is 61.3 Å². The first-order valence-corrected chi connectivity index (χ1v) is 11.3. The Kier molecular flexibility index (Phi) is 6.52. The lowest BCUT2D eigenvalue weighted by atomic mass is 10.1. The first kappa shape index (κ1) is 22.6. The largest absolute Gasteiger partial charge is 0.396 e. The highest BCUT2D eigenvalue weighted by molar-refractivity contribution is 7.97. The number of rotatable bonds is 7. The number of benzene rings is 2. The molecule has 1 amide bonds. The average molecular weight is 463 g/mol. The predicted molar refractivity (Wildman–Crippen MR) is 134 cm³/mol. The first-order chi connectivity index (χ1) is 15.9. The minimum Gasteiger partial charge on any atom is -0.396 e. The summed E-state index contributed by atoms with van der Waals surface area (Å²) in [7, 11) is 3.64. The quantitative estimate of drug-likeness (QED) is 0.446. The zero-order valence-electron chi connectivity index (χ0n) is 18.8. The van der Waals surface area contributed by atoms with Gasteiger partial charge in [-0.1, -0.05) is 24.3 Å². The number of aryl methyl sites for hydroxylation is 1. The first-order valence-electron chi connectivity index (χ1n) is 10.5. The molecule has 0 radical (unpaired) electrons. The van der Waals surface area contributed by atoms with Gasteiger partial charge in [0.1, 0.15) is 5.69 Å². The molecule has 1 aliphatic rings. The van der Waals surface area contributed by atoms with E-state index in [2.05, 4.69) is 21.6 Å². The van der Waals surface area contributed by atoms with E-state index >= 15 is 0 Å². The molecule has 9 heteroatoms. The van der Waals surface area contributed by atoms with Crippen LogP contribution in [-0.2, 0) is 0 Å². The minimum atomic E-state index is -0.0939. The van der Waals surface area contributed by atoms with Crippen molar-refractivity contribution in [2.45, 2.75) is 18.2 Å². The van der Waals surface area contributed by atoms with Crippen LogP contribution in [0.25, 0.3) is 0 Å². The number of fused-ring (bicyclic) bond motifs is 2. The normalized spacial score (nSPS) is 12.7. The number of hydrogen-bond acceptors (Lipinski definition) is 8. The molecule has 0 aliphatic carbocycles. The molecule has 8 nitrogen and oxygen atoms in total. The van der Waals surface area contributed by atoms with Crippen molar-refractivity contribution in [1.82, 2.24) is 14.7 Å². The predicted octanol–water partition coefficient (Wildman–Crippen LogP) is 4.38. The highest BCUT2D eigenvalue weighted by Crippen LogP contribution is 2.38. The summed E-state index contributed by atoms with van der Waals surface area (Å²) in [4.78, 5) is 26.7. The topological polar surface area (TPSA) is 93.6 Å². The van der Waals surface area contributed by atoms with Crippen LogP contribution in [-0.4, -0.2) is 41.7 Å². The zero-order valence-corrected chi connectivity index (χ0v) is 19.6. The van der Waals surface area contributed by atoms with Crippen molar-refractivity contribution < 1.29 is 9.90 Å². The number of aliphatic hydroxyl groups excluding tert-OH is 1. The van der Waals surface area contributed by atoms with Gasteiger partial charge in [0, 0.05) is 43.4 Å². The maximum absolute atomic E-state index is 13.1. The van der Waals surface area contributed by atoms with Gasteiger partial charge in [-0.05, 0) is 49.2 Å². The molecule has 0 unspecified atom stereocenters. The van der Waals surface area contributed by atoms with E-state index < -0.39 is 0 Å². The molecule has 4 rings (SSSR count). The van der Waals surface area contributed by atoms with Gasteiger partial charge in [-0.25, -0.2) is 4.98 Å². The van der Waals surface area contributed by atoms with Gasteiger partial charge in [-0.2, -0.15) is 4.98 Å². The van der Waals surface area contributed by atoms with Crippen LogP contribution in [0.3, 0.4) is 0 Å².